The molecule has 1 spiro atoms. The molecule has 1 N–H and O–H groups in total. The van der Waals surface area contributed by atoms with Gasteiger partial charge >= 0.3 is 0 Å². The third-order valence-electron chi connectivity index (χ3n) is 6.91. The standard InChI is InChI=1S/C19H26N4O4S/c1-22-8-6-12-3-4-15(21-17(12)22)18(24)23-10-14-13(9-20-28(2,25)26)16-5-7-19(14,11-23)27-16/h3-4,13-14,16,20H,5-11H2,1-2H3/t13-,14+,16+,19+/m0/s1. The molecular formula is C19H26N4O4S. The number of hydrogen-bond donors (Lipinski definition) is 1. The van der Waals surface area contributed by atoms with E-state index in [2.05, 4.69) is 14.6 Å². The number of nitrogens with zero attached hydrogens (tertiary/aromatic N) is 3. The van der Waals surface area contributed by atoms with Crippen molar-refractivity contribution in [2.45, 2.75) is 31.0 Å². The van der Waals surface area contributed by atoms with E-state index >= 15 is 0 Å². The predicted molar refractivity (Wildman–Crippen MR) is 104 cm³/mol. The van der Waals surface area contributed by atoms with Crippen LogP contribution in [0, 0.1) is 11.8 Å². The molecule has 152 valence electrons. The highest BCUT2D eigenvalue weighted by Crippen LogP contribution is 2.54. The van der Waals surface area contributed by atoms with Gasteiger partial charge in [-0.1, -0.05) is 6.07 Å². The van der Waals surface area contributed by atoms with Crippen LogP contribution in [-0.2, 0) is 21.2 Å². The zero-order chi connectivity index (χ0) is 19.7. The Kier molecular flexibility index (Phi) is 4.02. The number of anilines is 1. The minimum atomic E-state index is -3.24. The molecule has 1 aromatic rings. The summed E-state index contributed by atoms with van der Waals surface area (Å²) >= 11 is 0. The number of ether oxygens (including phenoxy) is 1. The third kappa shape index (κ3) is 2.83. The van der Waals surface area contributed by atoms with Crippen LogP contribution in [0.3, 0.4) is 0 Å². The number of rotatable bonds is 4. The number of carbonyl (C=O) groups is 1. The molecule has 4 atom stereocenters. The second-order valence-corrected chi connectivity index (χ2v) is 10.5. The van der Waals surface area contributed by atoms with Gasteiger partial charge in [-0.15, -0.1) is 0 Å². The summed E-state index contributed by atoms with van der Waals surface area (Å²) in [6, 6.07) is 3.84. The van der Waals surface area contributed by atoms with Gasteiger partial charge in [0, 0.05) is 38.5 Å². The van der Waals surface area contributed by atoms with Crippen LogP contribution in [-0.4, -0.2) is 75.4 Å². The van der Waals surface area contributed by atoms with Crippen LogP contribution < -0.4 is 9.62 Å². The quantitative estimate of drug-likeness (QED) is 0.770. The fourth-order valence-corrected chi connectivity index (χ4v) is 6.04. The molecule has 1 amide bonds. The van der Waals surface area contributed by atoms with Crippen LogP contribution >= 0.6 is 0 Å². The van der Waals surface area contributed by atoms with Crippen LogP contribution in [0.2, 0.25) is 0 Å². The van der Waals surface area contributed by atoms with Gasteiger partial charge in [-0.05, 0) is 30.9 Å². The first kappa shape index (κ1) is 18.3. The minimum absolute atomic E-state index is 0.0613. The Morgan fingerprint density at radius 3 is 3.04 bits per heavy atom. The maximum atomic E-state index is 13.2. The van der Waals surface area contributed by atoms with Crippen molar-refractivity contribution < 1.29 is 17.9 Å². The van der Waals surface area contributed by atoms with Gasteiger partial charge in [0.1, 0.15) is 11.5 Å². The van der Waals surface area contributed by atoms with Crippen molar-refractivity contribution in [2.24, 2.45) is 11.8 Å². The van der Waals surface area contributed by atoms with Gasteiger partial charge in [-0.25, -0.2) is 18.1 Å². The van der Waals surface area contributed by atoms with Crippen molar-refractivity contribution in [1.82, 2.24) is 14.6 Å². The monoisotopic (exact) mass is 406 g/mol. The molecular weight excluding hydrogens is 380 g/mol. The summed E-state index contributed by atoms with van der Waals surface area (Å²) in [5.41, 5.74) is 1.34. The van der Waals surface area contributed by atoms with Crippen molar-refractivity contribution in [2.75, 3.05) is 44.4 Å². The lowest BCUT2D eigenvalue weighted by atomic mass is 9.74. The van der Waals surface area contributed by atoms with Gasteiger partial charge in [-0.2, -0.15) is 0 Å². The van der Waals surface area contributed by atoms with Crippen LogP contribution in [0.15, 0.2) is 12.1 Å². The van der Waals surface area contributed by atoms with E-state index in [0.29, 0.717) is 25.3 Å². The molecule has 1 aromatic heterocycles. The summed E-state index contributed by atoms with van der Waals surface area (Å²) in [5, 5.41) is 0. The van der Waals surface area contributed by atoms with E-state index in [-0.39, 0.29) is 29.4 Å². The van der Waals surface area contributed by atoms with E-state index in [4.69, 9.17) is 4.74 Å². The van der Waals surface area contributed by atoms with Crippen molar-refractivity contribution in [3.63, 3.8) is 0 Å². The topological polar surface area (TPSA) is 91.8 Å². The number of amides is 1. The molecule has 28 heavy (non-hydrogen) atoms. The number of carbonyl (C=O) groups excluding carboxylic acids is 1. The third-order valence-corrected chi connectivity index (χ3v) is 7.60. The van der Waals surface area contributed by atoms with Crippen molar-refractivity contribution in [1.29, 1.82) is 0 Å². The van der Waals surface area contributed by atoms with E-state index in [0.717, 1.165) is 31.6 Å². The number of likely N-dealkylation sites (N-methyl/N-ethyl adjacent to an activating group) is 1. The SMILES string of the molecule is CN1CCc2ccc(C(=O)N3C[C@@H]4[C@H](CNS(C)(=O)=O)[C@H]5CC[C@]4(C3)O5)nc21. The number of pyridine rings is 1. The van der Waals surface area contributed by atoms with E-state index in [1.165, 1.54) is 11.8 Å². The van der Waals surface area contributed by atoms with Crippen LogP contribution in [0.25, 0.3) is 0 Å². The fourth-order valence-electron chi connectivity index (χ4n) is 5.54. The first-order valence-electron chi connectivity index (χ1n) is 9.88. The van der Waals surface area contributed by atoms with Gasteiger partial charge in [0.2, 0.25) is 10.0 Å². The predicted octanol–water partition coefficient (Wildman–Crippen LogP) is 0.243. The highest BCUT2D eigenvalue weighted by Gasteiger charge is 2.63. The van der Waals surface area contributed by atoms with Gasteiger partial charge in [-0.3, -0.25) is 4.79 Å². The molecule has 3 fully saturated rings. The number of hydrogen-bond acceptors (Lipinski definition) is 6. The Labute approximate surface area is 165 Å². The van der Waals surface area contributed by atoms with E-state index in [1.807, 2.05) is 24.1 Å². The van der Waals surface area contributed by atoms with E-state index in [9.17, 15) is 13.2 Å². The Morgan fingerprint density at radius 2 is 2.25 bits per heavy atom. The van der Waals surface area contributed by atoms with E-state index < -0.39 is 10.0 Å². The highest BCUT2D eigenvalue weighted by atomic mass is 32.2. The Morgan fingerprint density at radius 1 is 1.43 bits per heavy atom. The number of fused-ring (bicyclic) bond motifs is 2. The lowest BCUT2D eigenvalue weighted by Gasteiger charge is -2.29. The Hall–Kier alpha value is -1.71. The van der Waals surface area contributed by atoms with Crippen molar-refractivity contribution >= 4 is 21.7 Å². The molecule has 4 aliphatic heterocycles. The van der Waals surface area contributed by atoms with Gasteiger partial charge < -0.3 is 14.5 Å². The average Bonchev–Trinajstić information content (AvgIpc) is 3.38. The van der Waals surface area contributed by atoms with Gasteiger partial charge in [0.25, 0.3) is 5.91 Å². The second-order valence-electron chi connectivity index (χ2n) is 8.69. The summed E-state index contributed by atoms with van der Waals surface area (Å²) in [6.45, 7) is 2.47. The molecule has 0 unspecified atom stereocenters. The lowest BCUT2D eigenvalue weighted by Crippen LogP contribution is -2.41. The van der Waals surface area contributed by atoms with Crippen LogP contribution in [0.1, 0.15) is 28.9 Å². The minimum Gasteiger partial charge on any atom is -0.369 e. The average molecular weight is 407 g/mol. The molecule has 5 rings (SSSR count). The normalized spacial score (nSPS) is 33.4. The number of nitrogens with one attached hydrogen (secondary N) is 1. The van der Waals surface area contributed by atoms with Crippen LogP contribution in [0.4, 0.5) is 5.82 Å². The fraction of sp³-hybridized carbons (Fsp3) is 0.684. The molecule has 3 saturated heterocycles. The molecule has 0 saturated carbocycles. The Bertz CT molecular complexity index is 936. The smallest absolute Gasteiger partial charge is 0.272 e. The maximum absolute atomic E-state index is 13.2. The zero-order valence-corrected chi connectivity index (χ0v) is 17.0. The molecule has 8 nitrogen and oxygen atoms in total. The Balaban J connectivity index is 1.35. The first-order chi connectivity index (χ1) is 13.3. The summed E-state index contributed by atoms with van der Waals surface area (Å²) in [5.74, 6) is 1.12. The van der Waals surface area contributed by atoms with Gasteiger partial charge in [0.05, 0.1) is 24.5 Å². The molecule has 4 aliphatic rings. The number of likely N-dealkylation sites (tertiary alicyclic amines) is 1. The second kappa shape index (κ2) is 6.14. The van der Waals surface area contributed by atoms with Crippen molar-refractivity contribution in [3.05, 3.63) is 23.4 Å². The molecule has 0 aliphatic carbocycles. The largest absolute Gasteiger partial charge is 0.369 e. The van der Waals surface area contributed by atoms with Gasteiger partial charge in [0.15, 0.2) is 0 Å². The summed E-state index contributed by atoms with van der Waals surface area (Å²) < 4.78 is 32.0. The molecule has 5 heterocycles. The molecule has 0 aromatic carbocycles. The lowest BCUT2D eigenvalue weighted by molar-refractivity contribution is 0.00319. The highest BCUT2D eigenvalue weighted by molar-refractivity contribution is 7.88. The first-order valence-corrected chi connectivity index (χ1v) is 11.8. The van der Waals surface area contributed by atoms with Crippen molar-refractivity contribution in [3.8, 4) is 0 Å². The number of aromatic nitrogens is 1. The number of sulfonamides is 1. The van der Waals surface area contributed by atoms with Crippen LogP contribution in [0.5, 0.6) is 0 Å². The molecule has 2 bridgehead atoms. The summed E-state index contributed by atoms with van der Waals surface area (Å²) in [6.07, 6.45) is 4.09. The summed E-state index contributed by atoms with van der Waals surface area (Å²) in [7, 11) is -1.25. The summed E-state index contributed by atoms with van der Waals surface area (Å²) in [4.78, 5) is 21.7. The maximum Gasteiger partial charge on any atom is 0.272 e. The molecule has 9 heteroatoms. The molecule has 0 radical (unpaired) electrons. The zero-order valence-electron chi connectivity index (χ0n) is 16.2. The van der Waals surface area contributed by atoms with E-state index in [1.54, 1.807) is 0 Å².